The van der Waals surface area contributed by atoms with Gasteiger partial charge >= 0.3 is 0 Å². The van der Waals surface area contributed by atoms with Crippen LogP contribution < -0.4 is 5.73 Å². The van der Waals surface area contributed by atoms with Gasteiger partial charge < -0.3 is 10.8 Å². The lowest BCUT2D eigenvalue weighted by atomic mass is 10.4. The number of fused-ring (bicyclic) bond motifs is 1. The molecule has 0 unspecified atom stereocenters. The summed E-state index contributed by atoms with van der Waals surface area (Å²) in [5, 5.41) is 13.1. The smallest absolute Gasteiger partial charge is 0.212 e. The van der Waals surface area contributed by atoms with Gasteiger partial charge in [-0.1, -0.05) is 6.07 Å². The molecule has 0 aliphatic rings. The van der Waals surface area contributed by atoms with Crippen molar-refractivity contribution >= 4 is 11.3 Å². The molecule has 0 atom stereocenters. The summed E-state index contributed by atoms with van der Waals surface area (Å²) in [4.78, 5) is 0. The molecule has 4 heteroatoms. The van der Waals surface area contributed by atoms with Crippen molar-refractivity contribution in [2.24, 2.45) is 0 Å². The van der Waals surface area contributed by atoms with Crippen LogP contribution in [0.25, 0.3) is 5.52 Å². The van der Waals surface area contributed by atoms with Crippen molar-refractivity contribution in [3.05, 3.63) is 24.3 Å². The van der Waals surface area contributed by atoms with Crippen LogP contribution in [0, 0.1) is 0 Å². The summed E-state index contributed by atoms with van der Waals surface area (Å²) < 4.78 is 1.38. The number of aromatic hydroxyl groups is 1. The van der Waals surface area contributed by atoms with Crippen molar-refractivity contribution in [2.75, 3.05) is 5.73 Å². The largest absolute Gasteiger partial charge is 0.493 e. The van der Waals surface area contributed by atoms with Gasteiger partial charge in [-0.15, -0.1) is 5.10 Å². The van der Waals surface area contributed by atoms with Crippen LogP contribution in [0.15, 0.2) is 24.3 Å². The molecule has 0 aliphatic carbocycles. The number of rotatable bonds is 0. The van der Waals surface area contributed by atoms with E-state index in [9.17, 15) is 5.11 Å². The van der Waals surface area contributed by atoms with Gasteiger partial charge in [0, 0.05) is 12.1 Å². The SMILES string of the molecule is Nc1cc2cccc(O)n2n1. The van der Waals surface area contributed by atoms with Crippen LogP contribution in [0.1, 0.15) is 0 Å². The highest BCUT2D eigenvalue weighted by molar-refractivity contribution is 5.55. The molecule has 0 aliphatic heterocycles. The first-order valence-electron chi connectivity index (χ1n) is 3.20. The molecule has 0 spiro atoms. The van der Waals surface area contributed by atoms with Crippen molar-refractivity contribution in [1.29, 1.82) is 0 Å². The van der Waals surface area contributed by atoms with Gasteiger partial charge in [0.1, 0.15) is 5.82 Å². The van der Waals surface area contributed by atoms with Crippen LogP contribution in [-0.2, 0) is 0 Å². The summed E-state index contributed by atoms with van der Waals surface area (Å²) in [6.07, 6.45) is 0. The number of hydrogen-bond acceptors (Lipinski definition) is 3. The molecule has 0 saturated heterocycles. The molecule has 2 heterocycles. The molecule has 0 saturated carbocycles. The summed E-state index contributed by atoms with van der Waals surface area (Å²) >= 11 is 0. The van der Waals surface area contributed by atoms with E-state index in [1.54, 1.807) is 18.2 Å². The second-order valence-corrected chi connectivity index (χ2v) is 2.29. The fourth-order valence-corrected chi connectivity index (χ4v) is 1.02. The lowest BCUT2D eigenvalue weighted by molar-refractivity contribution is 0.437. The van der Waals surface area contributed by atoms with Gasteiger partial charge in [-0.25, -0.2) is 0 Å². The highest BCUT2D eigenvalue weighted by atomic mass is 16.3. The molecule has 0 bridgehead atoms. The highest BCUT2D eigenvalue weighted by Gasteiger charge is 1.99. The number of nitrogens with zero attached hydrogens (tertiary/aromatic N) is 2. The van der Waals surface area contributed by atoms with Gasteiger partial charge in [-0.05, 0) is 6.07 Å². The minimum atomic E-state index is 0.0965. The summed E-state index contributed by atoms with van der Waals surface area (Å²) in [7, 11) is 0. The molecule has 2 rings (SSSR count). The average Bonchev–Trinajstić information content (AvgIpc) is 2.31. The molecule has 11 heavy (non-hydrogen) atoms. The average molecular weight is 149 g/mol. The van der Waals surface area contributed by atoms with Crippen LogP contribution in [-0.4, -0.2) is 14.7 Å². The number of hydrogen-bond donors (Lipinski definition) is 2. The minimum absolute atomic E-state index is 0.0965. The monoisotopic (exact) mass is 149 g/mol. The fourth-order valence-electron chi connectivity index (χ4n) is 1.02. The molecule has 2 aromatic rings. The molecule has 4 nitrogen and oxygen atoms in total. The van der Waals surface area contributed by atoms with Gasteiger partial charge in [-0.3, -0.25) is 0 Å². The van der Waals surface area contributed by atoms with E-state index in [0.29, 0.717) is 5.82 Å². The zero-order chi connectivity index (χ0) is 7.84. The number of pyridine rings is 1. The summed E-state index contributed by atoms with van der Waals surface area (Å²) in [5.41, 5.74) is 6.21. The molecule has 3 N–H and O–H groups in total. The maximum atomic E-state index is 9.23. The molecule has 0 aromatic carbocycles. The third-order valence-electron chi connectivity index (χ3n) is 1.49. The van der Waals surface area contributed by atoms with Crippen molar-refractivity contribution in [1.82, 2.24) is 9.61 Å². The number of aromatic nitrogens is 2. The second-order valence-electron chi connectivity index (χ2n) is 2.29. The second kappa shape index (κ2) is 1.88. The first kappa shape index (κ1) is 6.03. The van der Waals surface area contributed by atoms with Gasteiger partial charge in [-0.2, -0.15) is 4.52 Å². The van der Waals surface area contributed by atoms with Crippen LogP contribution in [0.3, 0.4) is 0 Å². The van der Waals surface area contributed by atoms with Gasteiger partial charge in [0.15, 0.2) is 0 Å². The summed E-state index contributed by atoms with van der Waals surface area (Å²) in [5.74, 6) is 0.505. The Labute approximate surface area is 62.9 Å². The Hall–Kier alpha value is -1.71. The summed E-state index contributed by atoms with van der Waals surface area (Å²) in [6.45, 7) is 0. The maximum absolute atomic E-state index is 9.23. The molecule has 56 valence electrons. The van der Waals surface area contributed by atoms with Crippen LogP contribution in [0.5, 0.6) is 5.88 Å². The minimum Gasteiger partial charge on any atom is -0.493 e. The zero-order valence-electron chi connectivity index (χ0n) is 5.73. The summed E-state index contributed by atoms with van der Waals surface area (Å²) in [6, 6.07) is 6.81. The predicted molar refractivity (Wildman–Crippen MR) is 41.3 cm³/mol. The highest BCUT2D eigenvalue weighted by Crippen LogP contribution is 2.14. The van der Waals surface area contributed by atoms with Gasteiger partial charge in [0.05, 0.1) is 5.52 Å². The van der Waals surface area contributed by atoms with Crippen molar-refractivity contribution < 1.29 is 5.11 Å². The van der Waals surface area contributed by atoms with E-state index in [2.05, 4.69) is 5.10 Å². The number of nitrogen functional groups attached to an aromatic ring is 1. The molecule has 0 radical (unpaired) electrons. The van der Waals surface area contributed by atoms with Crippen molar-refractivity contribution in [3.63, 3.8) is 0 Å². The van der Waals surface area contributed by atoms with Crippen molar-refractivity contribution in [2.45, 2.75) is 0 Å². The third kappa shape index (κ3) is 0.797. The Kier molecular flexibility index (Phi) is 1.03. The molecular formula is C7H7N3O. The van der Waals surface area contributed by atoms with Crippen molar-refractivity contribution in [3.8, 4) is 5.88 Å². The van der Waals surface area contributed by atoms with E-state index < -0.39 is 0 Å². The quantitative estimate of drug-likeness (QED) is 0.577. The Balaban J connectivity index is 2.90. The van der Waals surface area contributed by atoms with Crippen LogP contribution in [0.4, 0.5) is 5.82 Å². The van der Waals surface area contributed by atoms with E-state index in [-0.39, 0.29) is 5.88 Å². The predicted octanol–water partition coefficient (Wildman–Crippen LogP) is 0.622. The Morgan fingerprint density at radius 3 is 3.00 bits per heavy atom. The Bertz CT molecular complexity index is 393. The lowest BCUT2D eigenvalue weighted by Crippen LogP contribution is -1.89. The first-order valence-corrected chi connectivity index (χ1v) is 3.20. The molecular weight excluding hydrogens is 142 g/mol. The standard InChI is InChI=1S/C7H7N3O/c8-6-4-5-2-1-3-7(11)10(5)9-6/h1-4,11H,(H2,8,9). The molecule has 0 fully saturated rings. The van der Waals surface area contributed by atoms with Gasteiger partial charge in [0.2, 0.25) is 5.88 Å². The Morgan fingerprint density at radius 2 is 2.27 bits per heavy atom. The zero-order valence-corrected chi connectivity index (χ0v) is 5.73. The van der Waals surface area contributed by atoms with Gasteiger partial charge in [0.25, 0.3) is 0 Å². The normalized spacial score (nSPS) is 10.5. The number of nitrogens with two attached hydrogens (primary N) is 1. The van der Waals surface area contributed by atoms with Crippen LogP contribution >= 0.6 is 0 Å². The first-order chi connectivity index (χ1) is 5.27. The number of anilines is 1. The van der Waals surface area contributed by atoms with E-state index in [1.165, 1.54) is 4.52 Å². The van der Waals surface area contributed by atoms with E-state index in [1.807, 2.05) is 6.07 Å². The molecule has 0 amide bonds. The molecule has 2 aromatic heterocycles. The lowest BCUT2D eigenvalue weighted by Gasteiger charge is -1.93. The van der Waals surface area contributed by atoms with Crippen LogP contribution in [0.2, 0.25) is 0 Å². The Morgan fingerprint density at radius 1 is 1.45 bits per heavy atom. The maximum Gasteiger partial charge on any atom is 0.212 e. The topological polar surface area (TPSA) is 63.5 Å². The third-order valence-corrected chi connectivity index (χ3v) is 1.49. The van der Waals surface area contributed by atoms with E-state index in [4.69, 9.17) is 5.73 Å². The van der Waals surface area contributed by atoms with E-state index >= 15 is 0 Å². The fraction of sp³-hybridized carbons (Fsp3) is 0. The van der Waals surface area contributed by atoms with E-state index in [0.717, 1.165) is 5.52 Å².